The maximum Gasteiger partial charge on any atom is 0.241 e. The number of hydrogen-bond donors (Lipinski definition) is 2. The second-order valence-corrected chi connectivity index (χ2v) is 6.73. The third-order valence-electron chi connectivity index (χ3n) is 2.58. The molecule has 1 rings (SSSR count). The Morgan fingerprint density at radius 2 is 2.11 bits per heavy atom. The van der Waals surface area contributed by atoms with Gasteiger partial charge in [-0.05, 0) is 37.1 Å². The van der Waals surface area contributed by atoms with Gasteiger partial charge in [0.1, 0.15) is 15.7 Å². The lowest BCUT2D eigenvalue weighted by Crippen LogP contribution is -2.37. The van der Waals surface area contributed by atoms with Gasteiger partial charge in [-0.1, -0.05) is 0 Å². The van der Waals surface area contributed by atoms with Gasteiger partial charge in [0.05, 0.1) is 11.8 Å². The van der Waals surface area contributed by atoms with E-state index in [0.29, 0.717) is 11.3 Å². The molecule has 106 valence electrons. The standard InChI is InChI=1S/C12H17FN2O3S/c1-8-7-9(13)3-4-11(8)15-12(16)10(14)5-6-19(2,17)18/h3-4,7,10H,5-6,14H2,1-2H3,(H,15,16). The van der Waals surface area contributed by atoms with Crippen LogP contribution >= 0.6 is 0 Å². The summed E-state index contributed by atoms with van der Waals surface area (Å²) in [5.41, 5.74) is 6.63. The van der Waals surface area contributed by atoms with Gasteiger partial charge in [0.25, 0.3) is 0 Å². The number of amides is 1. The van der Waals surface area contributed by atoms with E-state index in [1.807, 2.05) is 0 Å². The fourth-order valence-electron chi connectivity index (χ4n) is 1.46. The van der Waals surface area contributed by atoms with Crippen LogP contribution in [0, 0.1) is 12.7 Å². The van der Waals surface area contributed by atoms with Crippen LogP contribution in [0.25, 0.3) is 0 Å². The van der Waals surface area contributed by atoms with Crippen molar-refractivity contribution in [2.24, 2.45) is 5.73 Å². The van der Waals surface area contributed by atoms with E-state index >= 15 is 0 Å². The quantitative estimate of drug-likeness (QED) is 0.840. The van der Waals surface area contributed by atoms with Crippen molar-refractivity contribution in [3.63, 3.8) is 0 Å². The first-order valence-corrected chi connectivity index (χ1v) is 7.75. The highest BCUT2D eigenvalue weighted by Gasteiger charge is 2.16. The van der Waals surface area contributed by atoms with Crippen molar-refractivity contribution in [2.45, 2.75) is 19.4 Å². The number of aryl methyl sites for hydroxylation is 1. The largest absolute Gasteiger partial charge is 0.324 e. The average Bonchev–Trinajstić information content (AvgIpc) is 2.28. The van der Waals surface area contributed by atoms with E-state index < -0.39 is 27.6 Å². The van der Waals surface area contributed by atoms with Crippen LogP contribution in [0.3, 0.4) is 0 Å². The van der Waals surface area contributed by atoms with Crippen molar-refractivity contribution in [2.75, 3.05) is 17.3 Å². The fourth-order valence-corrected chi connectivity index (χ4v) is 2.15. The fraction of sp³-hybridized carbons (Fsp3) is 0.417. The Hall–Kier alpha value is -1.47. The van der Waals surface area contributed by atoms with E-state index in [1.165, 1.54) is 18.2 Å². The molecule has 7 heteroatoms. The van der Waals surface area contributed by atoms with Gasteiger partial charge in [-0.3, -0.25) is 4.79 Å². The van der Waals surface area contributed by atoms with Gasteiger partial charge >= 0.3 is 0 Å². The Labute approximate surface area is 111 Å². The molecule has 1 amide bonds. The lowest BCUT2D eigenvalue weighted by Gasteiger charge is -2.13. The van der Waals surface area contributed by atoms with Crippen LogP contribution in [-0.4, -0.2) is 32.4 Å². The zero-order valence-electron chi connectivity index (χ0n) is 10.8. The van der Waals surface area contributed by atoms with Crippen LogP contribution < -0.4 is 11.1 Å². The summed E-state index contributed by atoms with van der Waals surface area (Å²) in [5.74, 6) is -1.03. The van der Waals surface area contributed by atoms with Crippen molar-refractivity contribution < 1.29 is 17.6 Å². The first kappa shape index (κ1) is 15.6. The highest BCUT2D eigenvalue weighted by Crippen LogP contribution is 2.15. The predicted molar refractivity (Wildman–Crippen MR) is 72.1 cm³/mol. The molecule has 1 unspecified atom stereocenters. The SMILES string of the molecule is Cc1cc(F)ccc1NC(=O)C(N)CCS(C)(=O)=O. The number of hydrogen-bond acceptors (Lipinski definition) is 4. The van der Waals surface area contributed by atoms with Crippen LogP contribution in [0.4, 0.5) is 10.1 Å². The number of rotatable bonds is 5. The van der Waals surface area contributed by atoms with Crippen LogP contribution in [0.5, 0.6) is 0 Å². The summed E-state index contributed by atoms with van der Waals surface area (Å²) in [6, 6.07) is 3.04. The molecule has 0 aromatic heterocycles. The van der Waals surface area contributed by atoms with Gasteiger partial charge in [0, 0.05) is 11.9 Å². The third kappa shape index (κ3) is 5.35. The summed E-state index contributed by atoms with van der Waals surface area (Å²) in [7, 11) is -3.15. The maximum absolute atomic E-state index is 12.9. The number of benzene rings is 1. The molecule has 0 aliphatic carbocycles. The summed E-state index contributed by atoms with van der Waals surface area (Å²) in [5, 5.41) is 2.55. The molecule has 0 bridgehead atoms. The first-order chi connectivity index (χ1) is 8.69. The van der Waals surface area contributed by atoms with E-state index in [0.717, 1.165) is 6.26 Å². The van der Waals surface area contributed by atoms with Gasteiger partial charge in [0.2, 0.25) is 5.91 Å². The van der Waals surface area contributed by atoms with Crippen LogP contribution in [-0.2, 0) is 14.6 Å². The second-order valence-electron chi connectivity index (χ2n) is 4.47. The molecule has 0 saturated heterocycles. The Kier molecular flexibility index (Phi) is 5.02. The van der Waals surface area contributed by atoms with Crippen molar-refractivity contribution in [3.8, 4) is 0 Å². The van der Waals surface area contributed by atoms with E-state index in [9.17, 15) is 17.6 Å². The first-order valence-electron chi connectivity index (χ1n) is 5.69. The monoisotopic (exact) mass is 288 g/mol. The van der Waals surface area contributed by atoms with Crippen molar-refractivity contribution >= 4 is 21.4 Å². The smallest absolute Gasteiger partial charge is 0.241 e. The number of nitrogens with one attached hydrogen (secondary N) is 1. The van der Waals surface area contributed by atoms with Crippen molar-refractivity contribution in [1.29, 1.82) is 0 Å². The van der Waals surface area contributed by atoms with E-state index in [1.54, 1.807) is 6.92 Å². The Balaban J connectivity index is 2.64. The highest BCUT2D eigenvalue weighted by molar-refractivity contribution is 7.90. The number of halogens is 1. The third-order valence-corrected chi connectivity index (χ3v) is 3.56. The number of sulfone groups is 1. The Bertz CT molecular complexity index is 572. The molecule has 1 aromatic carbocycles. The topological polar surface area (TPSA) is 89.3 Å². The molecule has 5 nitrogen and oxygen atoms in total. The summed E-state index contributed by atoms with van der Waals surface area (Å²) < 4.78 is 34.8. The molecular weight excluding hydrogens is 271 g/mol. The minimum atomic E-state index is -3.15. The maximum atomic E-state index is 12.9. The molecule has 0 heterocycles. The van der Waals surface area contributed by atoms with Crippen LogP contribution in [0.1, 0.15) is 12.0 Å². The molecule has 0 aliphatic heterocycles. The normalized spacial score (nSPS) is 13.1. The highest BCUT2D eigenvalue weighted by atomic mass is 32.2. The van der Waals surface area contributed by atoms with E-state index in [-0.39, 0.29) is 12.2 Å². The van der Waals surface area contributed by atoms with Crippen LogP contribution in [0.2, 0.25) is 0 Å². The Morgan fingerprint density at radius 1 is 1.47 bits per heavy atom. The molecule has 19 heavy (non-hydrogen) atoms. The van der Waals surface area contributed by atoms with E-state index in [4.69, 9.17) is 5.73 Å². The zero-order chi connectivity index (χ0) is 14.6. The molecule has 1 atom stereocenters. The average molecular weight is 288 g/mol. The Morgan fingerprint density at radius 3 is 2.63 bits per heavy atom. The van der Waals surface area contributed by atoms with Crippen molar-refractivity contribution in [1.82, 2.24) is 0 Å². The van der Waals surface area contributed by atoms with Crippen LogP contribution in [0.15, 0.2) is 18.2 Å². The molecule has 3 N–H and O–H groups in total. The number of carbonyl (C=O) groups excluding carboxylic acids is 1. The lowest BCUT2D eigenvalue weighted by atomic mass is 10.1. The summed E-state index contributed by atoms with van der Waals surface area (Å²) in [6.07, 6.45) is 1.13. The molecule has 0 spiro atoms. The minimum absolute atomic E-state index is 0.0465. The molecule has 0 fully saturated rings. The number of anilines is 1. The lowest BCUT2D eigenvalue weighted by molar-refractivity contribution is -0.117. The van der Waals surface area contributed by atoms with Gasteiger partial charge in [-0.25, -0.2) is 12.8 Å². The summed E-state index contributed by atoms with van der Waals surface area (Å²) in [6.45, 7) is 1.65. The van der Waals surface area contributed by atoms with Gasteiger partial charge in [-0.2, -0.15) is 0 Å². The van der Waals surface area contributed by atoms with Crippen molar-refractivity contribution in [3.05, 3.63) is 29.6 Å². The molecule has 0 aliphatic rings. The predicted octanol–water partition coefficient (Wildman–Crippen LogP) is 0.835. The zero-order valence-corrected chi connectivity index (χ0v) is 11.6. The second kappa shape index (κ2) is 6.12. The van der Waals surface area contributed by atoms with E-state index in [2.05, 4.69) is 5.32 Å². The molecule has 0 saturated carbocycles. The minimum Gasteiger partial charge on any atom is -0.324 e. The summed E-state index contributed by atoms with van der Waals surface area (Å²) >= 11 is 0. The number of nitrogens with two attached hydrogens (primary N) is 1. The summed E-state index contributed by atoms with van der Waals surface area (Å²) in [4.78, 5) is 11.7. The molecular formula is C12H17FN2O3S. The van der Waals surface area contributed by atoms with Gasteiger partial charge < -0.3 is 11.1 Å². The van der Waals surface area contributed by atoms with Gasteiger partial charge in [0.15, 0.2) is 0 Å². The molecule has 1 aromatic rings. The number of carbonyl (C=O) groups is 1. The molecule has 0 radical (unpaired) electrons. The van der Waals surface area contributed by atoms with Gasteiger partial charge in [-0.15, -0.1) is 0 Å².